The number of aromatic nitrogens is 5. The van der Waals surface area contributed by atoms with Gasteiger partial charge in [-0.3, -0.25) is 9.48 Å². The van der Waals surface area contributed by atoms with Gasteiger partial charge in [0.2, 0.25) is 11.9 Å². The fourth-order valence-electron chi connectivity index (χ4n) is 2.46. The standard InChI is InChI=1S/C16H19N9O/c1-8-10(7-25(24-8)16(2,3)14(18)26)21-15-22-12(19-4)11-9(5-17)6-20-13(11)23-15/h6-7H,1-4H3,(H2,18,26)(H3,19,20,21,22,23). The molecule has 26 heavy (non-hydrogen) atoms. The summed E-state index contributed by atoms with van der Waals surface area (Å²) in [6, 6.07) is 2.10. The minimum Gasteiger partial charge on any atom is -0.372 e. The fraction of sp³-hybridized carbons (Fsp3) is 0.312. The maximum absolute atomic E-state index is 11.6. The number of amides is 1. The van der Waals surface area contributed by atoms with Crippen molar-refractivity contribution in [1.29, 1.82) is 5.26 Å². The van der Waals surface area contributed by atoms with Gasteiger partial charge in [-0.2, -0.15) is 20.3 Å². The lowest BCUT2D eigenvalue weighted by molar-refractivity contribution is -0.125. The van der Waals surface area contributed by atoms with Crippen molar-refractivity contribution in [3.63, 3.8) is 0 Å². The van der Waals surface area contributed by atoms with E-state index in [1.54, 1.807) is 40.2 Å². The number of fused-ring (bicyclic) bond motifs is 1. The van der Waals surface area contributed by atoms with Crippen LogP contribution in [0.15, 0.2) is 12.4 Å². The fourth-order valence-corrected chi connectivity index (χ4v) is 2.46. The molecule has 1 amide bonds. The highest BCUT2D eigenvalue weighted by Gasteiger charge is 2.29. The van der Waals surface area contributed by atoms with Crippen LogP contribution in [0.25, 0.3) is 11.0 Å². The van der Waals surface area contributed by atoms with E-state index in [9.17, 15) is 10.1 Å². The highest BCUT2D eigenvalue weighted by Crippen LogP contribution is 2.27. The van der Waals surface area contributed by atoms with Gasteiger partial charge in [0.15, 0.2) is 0 Å². The Hall–Kier alpha value is -3.61. The van der Waals surface area contributed by atoms with Crippen LogP contribution in [0, 0.1) is 18.3 Å². The normalized spacial score (nSPS) is 11.3. The summed E-state index contributed by atoms with van der Waals surface area (Å²) in [7, 11) is 1.72. The Morgan fingerprint density at radius 1 is 1.42 bits per heavy atom. The monoisotopic (exact) mass is 353 g/mol. The molecule has 0 aliphatic carbocycles. The lowest BCUT2D eigenvalue weighted by Gasteiger charge is -2.20. The number of primary amides is 1. The van der Waals surface area contributed by atoms with Crippen LogP contribution < -0.4 is 16.4 Å². The summed E-state index contributed by atoms with van der Waals surface area (Å²) in [5.41, 5.74) is 6.79. The highest BCUT2D eigenvalue weighted by molar-refractivity contribution is 5.93. The number of nitriles is 1. The van der Waals surface area contributed by atoms with Crippen LogP contribution in [0.1, 0.15) is 25.1 Å². The first-order valence-electron chi connectivity index (χ1n) is 7.88. The van der Waals surface area contributed by atoms with Gasteiger partial charge in [0.25, 0.3) is 0 Å². The number of carbonyl (C=O) groups is 1. The Morgan fingerprint density at radius 3 is 2.77 bits per heavy atom. The van der Waals surface area contributed by atoms with Crippen LogP contribution in [0.3, 0.4) is 0 Å². The zero-order valence-electron chi connectivity index (χ0n) is 14.9. The van der Waals surface area contributed by atoms with Gasteiger partial charge in [0.05, 0.1) is 28.5 Å². The van der Waals surface area contributed by atoms with Crippen molar-refractivity contribution in [2.45, 2.75) is 26.3 Å². The molecule has 0 fully saturated rings. The number of hydrogen-bond acceptors (Lipinski definition) is 7. The van der Waals surface area contributed by atoms with Crippen LogP contribution in [-0.2, 0) is 10.3 Å². The van der Waals surface area contributed by atoms with Gasteiger partial charge in [0, 0.05) is 13.2 Å². The van der Waals surface area contributed by atoms with E-state index in [-0.39, 0.29) is 0 Å². The average molecular weight is 353 g/mol. The Balaban J connectivity index is 2.01. The number of nitrogens with zero attached hydrogens (tertiary/aromatic N) is 5. The Bertz CT molecular complexity index is 1040. The Morgan fingerprint density at radius 2 is 2.15 bits per heavy atom. The second kappa shape index (κ2) is 6.03. The summed E-state index contributed by atoms with van der Waals surface area (Å²) in [6.07, 6.45) is 3.27. The van der Waals surface area contributed by atoms with E-state index in [2.05, 4.69) is 36.8 Å². The van der Waals surface area contributed by atoms with Crippen molar-refractivity contribution in [2.24, 2.45) is 5.73 Å². The van der Waals surface area contributed by atoms with Crippen LogP contribution >= 0.6 is 0 Å². The van der Waals surface area contributed by atoms with Gasteiger partial charge in [0.1, 0.15) is 23.1 Å². The minimum atomic E-state index is -0.965. The molecule has 3 rings (SSSR count). The predicted molar refractivity (Wildman–Crippen MR) is 96.9 cm³/mol. The largest absolute Gasteiger partial charge is 0.372 e. The molecule has 0 aromatic carbocycles. The van der Waals surface area contributed by atoms with Crippen LogP contribution in [-0.4, -0.2) is 37.7 Å². The lowest BCUT2D eigenvalue weighted by atomic mass is 10.1. The van der Waals surface area contributed by atoms with E-state index < -0.39 is 11.4 Å². The Kier molecular flexibility index (Phi) is 4.00. The first-order chi connectivity index (χ1) is 12.3. The number of rotatable bonds is 5. The number of nitrogens with two attached hydrogens (primary N) is 1. The van der Waals surface area contributed by atoms with Crippen LogP contribution in [0.4, 0.5) is 17.5 Å². The van der Waals surface area contributed by atoms with Crippen LogP contribution in [0.5, 0.6) is 0 Å². The molecule has 0 aliphatic rings. The van der Waals surface area contributed by atoms with Gasteiger partial charge < -0.3 is 21.4 Å². The molecule has 0 aliphatic heterocycles. The molecule has 3 aromatic heterocycles. The molecule has 10 heteroatoms. The number of aromatic amines is 1. The predicted octanol–water partition coefficient (Wildman–Crippen LogP) is 1.34. The molecular weight excluding hydrogens is 334 g/mol. The summed E-state index contributed by atoms with van der Waals surface area (Å²) in [4.78, 5) is 23.4. The number of carbonyl (C=O) groups excluding carboxylic acids is 1. The van der Waals surface area contributed by atoms with Gasteiger partial charge >= 0.3 is 0 Å². The second-order valence-electron chi connectivity index (χ2n) is 6.30. The summed E-state index contributed by atoms with van der Waals surface area (Å²) < 4.78 is 1.51. The summed E-state index contributed by atoms with van der Waals surface area (Å²) in [5, 5.41) is 20.2. The summed E-state index contributed by atoms with van der Waals surface area (Å²) in [6.45, 7) is 5.18. The molecule has 0 unspecified atom stereocenters. The third-order valence-electron chi connectivity index (χ3n) is 4.21. The van der Waals surface area contributed by atoms with Gasteiger partial charge in [-0.15, -0.1) is 0 Å². The van der Waals surface area contributed by atoms with Crippen molar-refractivity contribution in [2.75, 3.05) is 17.7 Å². The third-order valence-corrected chi connectivity index (χ3v) is 4.21. The zero-order chi connectivity index (χ0) is 19.1. The van der Waals surface area contributed by atoms with Crippen molar-refractivity contribution < 1.29 is 4.79 Å². The van der Waals surface area contributed by atoms with Crippen molar-refractivity contribution in [1.82, 2.24) is 24.7 Å². The maximum Gasteiger partial charge on any atom is 0.244 e. The number of hydrogen-bond donors (Lipinski definition) is 4. The summed E-state index contributed by atoms with van der Waals surface area (Å²) >= 11 is 0. The molecule has 134 valence electrons. The molecule has 5 N–H and O–H groups in total. The average Bonchev–Trinajstić information content (AvgIpc) is 3.18. The molecule has 0 spiro atoms. The van der Waals surface area contributed by atoms with Crippen molar-refractivity contribution in [3.05, 3.63) is 23.7 Å². The van der Waals surface area contributed by atoms with E-state index in [0.29, 0.717) is 39.7 Å². The molecular formula is C16H19N9O. The lowest BCUT2D eigenvalue weighted by Crippen LogP contribution is -2.41. The first-order valence-corrected chi connectivity index (χ1v) is 7.88. The number of H-pyrrole nitrogens is 1. The van der Waals surface area contributed by atoms with E-state index in [1.165, 1.54) is 4.68 Å². The van der Waals surface area contributed by atoms with Crippen molar-refractivity contribution in [3.8, 4) is 6.07 Å². The topological polar surface area (TPSA) is 150 Å². The molecule has 0 bridgehead atoms. The molecule has 0 radical (unpaired) electrons. The maximum atomic E-state index is 11.6. The molecule has 0 atom stereocenters. The quantitative estimate of drug-likeness (QED) is 0.540. The van der Waals surface area contributed by atoms with Gasteiger partial charge in [-0.1, -0.05) is 0 Å². The number of nitrogens with one attached hydrogen (secondary N) is 3. The van der Waals surface area contributed by atoms with E-state index in [1.807, 2.05) is 0 Å². The Labute approximate surface area is 149 Å². The third kappa shape index (κ3) is 2.69. The van der Waals surface area contributed by atoms with Gasteiger partial charge in [-0.05, 0) is 20.8 Å². The molecule has 0 saturated heterocycles. The SMILES string of the molecule is CNc1nc(Nc2cn(C(C)(C)C(N)=O)nc2C)nc2[nH]cc(C#N)c12. The van der Waals surface area contributed by atoms with E-state index in [4.69, 9.17) is 5.73 Å². The first kappa shape index (κ1) is 17.2. The van der Waals surface area contributed by atoms with E-state index in [0.717, 1.165) is 0 Å². The van der Waals surface area contributed by atoms with E-state index >= 15 is 0 Å². The zero-order valence-corrected chi connectivity index (χ0v) is 14.9. The van der Waals surface area contributed by atoms with Gasteiger partial charge in [-0.25, -0.2) is 0 Å². The smallest absolute Gasteiger partial charge is 0.244 e. The second-order valence-corrected chi connectivity index (χ2v) is 6.30. The number of aryl methyl sites for hydroxylation is 1. The van der Waals surface area contributed by atoms with Crippen molar-refractivity contribution >= 4 is 34.4 Å². The molecule has 3 heterocycles. The minimum absolute atomic E-state index is 0.327. The molecule has 10 nitrogen and oxygen atoms in total. The highest BCUT2D eigenvalue weighted by atomic mass is 16.1. The molecule has 3 aromatic rings. The van der Waals surface area contributed by atoms with Crippen LogP contribution in [0.2, 0.25) is 0 Å². The number of anilines is 3. The molecule has 0 saturated carbocycles. The summed E-state index contributed by atoms with van der Waals surface area (Å²) in [5.74, 6) is 0.364.